The molecule has 0 bridgehead atoms. The van der Waals surface area contributed by atoms with Gasteiger partial charge in [-0.25, -0.2) is 4.68 Å². The van der Waals surface area contributed by atoms with Gasteiger partial charge < -0.3 is 10.0 Å². The Labute approximate surface area is 114 Å². The SMILES string of the molecule is CCCN(C)c1cnn(CCCCCCO)c(=O)c1. The molecule has 5 nitrogen and oxygen atoms in total. The lowest BCUT2D eigenvalue weighted by atomic mass is 10.2. The Morgan fingerprint density at radius 3 is 2.68 bits per heavy atom. The first-order chi connectivity index (χ1) is 9.19. The van der Waals surface area contributed by atoms with Gasteiger partial charge in [0.05, 0.1) is 11.9 Å². The molecule has 0 radical (unpaired) electrons. The minimum Gasteiger partial charge on any atom is -0.396 e. The smallest absolute Gasteiger partial charge is 0.268 e. The predicted octanol–water partition coefficient (Wildman–Crippen LogP) is 1.64. The minimum absolute atomic E-state index is 0.0392. The summed E-state index contributed by atoms with van der Waals surface area (Å²) in [6.45, 7) is 3.93. The van der Waals surface area contributed by atoms with Crippen molar-refractivity contribution >= 4 is 5.69 Å². The number of unbranched alkanes of at least 4 members (excludes halogenated alkanes) is 3. The van der Waals surface area contributed by atoms with Crippen molar-refractivity contribution in [3.05, 3.63) is 22.6 Å². The number of anilines is 1. The van der Waals surface area contributed by atoms with Crippen molar-refractivity contribution in [2.45, 2.75) is 45.6 Å². The lowest BCUT2D eigenvalue weighted by Crippen LogP contribution is -2.26. The molecule has 0 aliphatic carbocycles. The van der Waals surface area contributed by atoms with E-state index in [-0.39, 0.29) is 12.2 Å². The van der Waals surface area contributed by atoms with Crippen molar-refractivity contribution in [2.24, 2.45) is 0 Å². The molecule has 0 atom stereocenters. The number of rotatable bonds is 9. The molecule has 1 aromatic rings. The highest BCUT2D eigenvalue weighted by Gasteiger charge is 2.03. The Kier molecular flexibility index (Phi) is 7.18. The van der Waals surface area contributed by atoms with Gasteiger partial charge in [-0.2, -0.15) is 5.10 Å². The van der Waals surface area contributed by atoms with Gasteiger partial charge in [0.25, 0.3) is 5.56 Å². The Bertz CT molecular complexity index is 417. The molecule has 0 aromatic carbocycles. The lowest BCUT2D eigenvalue weighted by molar-refractivity contribution is 0.282. The number of hydrogen-bond donors (Lipinski definition) is 1. The molecule has 0 fully saturated rings. The summed E-state index contributed by atoms with van der Waals surface area (Å²) < 4.78 is 1.52. The molecular formula is C14H25N3O2. The van der Waals surface area contributed by atoms with Crippen LogP contribution in [0, 0.1) is 0 Å². The summed E-state index contributed by atoms with van der Waals surface area (Å²) in [6.07, 6.45) is 6.59. The number of nitrogens with zero attached hydrogens (tertiary/aromatic N) is 3. The van der Waals surface area contributed by atoms with Crippen LogP contribution >= 0.6 is 0 Å². The molecule has 0 amide bonds. The van der Waals surface area contributed by atoms with Crippen molar-refractivity contribution in [2.75, 3.05) is 25.1 Å². The van der Waals surface area contributed by atoms with E-state index in [4.69, 9.17) is 5.11 Å². The lowest BCUT2D eigenvalue weighted by Gasteiger charge is -2.17. The van der Waals surface area contributed by atoms with Crippen molar-refractivity contribution in [1.29, 1.82) is 0 Å². The van der Waals surface area contributed by atoms with E-state index in [1.54, 1.807) is 12.3 Å². The zero-order valence-corrected chi connectivity index (χ0v) is 12.0. The molecule has 0 saturated carbocycles. The third-order valence-electron chi connectivity index (χ3n) is 3.13. The molecule has 0 unspecified atom stereocenters. The van der Waals surface area contributed by atoms with Crippen LogP contribution in [0.2, 0.25) is 0 Å². The Morgan fingerprint density at radius 2 is 2.05 bits per heavy atom. The fourth-order valence-electron chi connectivity index (χ4n) is 1.99. The molecule has 1 N–H and O–H groups in total. The highest BCUT2D eigenvalue weighted by molar-refractivity contribution is 5.41. The normalized spacial score (nSPS) is 10.7. The van der Waals surface area contributed by atoms with Crippen LogP contribution in [0.4, 0.5) is 5.69 Å². The second kappa shape index (κ2) is 8.69. The summed E-state index contributed by atoms with van der Waals surface area (Å²) in [5.41, 5.74) is 0.839. The van der Waals surface area contributed by atoms with Crippen LogP contribution < -0.4 is 10.5 Å². The summed E-state index contributed by atoms with van der Waals surface area (Å²) in [4.78, 5) is 13.9. The third-order valence-corrected chi connectivity index (χ3v) is 3.13. The molecule has 1 rings (SSSR count). The Hall–Kier alpha value is -1.36. The quantitative estimate of drug-likeness (QED) is 0.691. The fourth-order valence-corrected chi connectivity index (χ4v) is 1.99. The van der Waals surface area contributed by atoms with Gasteiger partial charge in [-0.1, -0.05) is 19.8 Å². The van der Waals surface area contributed by atoms with Gasteiger partial charge in [-0.15, -0.1) is 0 Å². The first-order valence-electron chi connectivity index (χ1n) is 7.08. The number of aliphatic hydroxyl groups excluding tert-OH is 1. The Balaban J connectivity index is 2.50. The summed E-state index contributed by atoms with van der Waals surface area (Å²) in [5.74, 6) is 0. The number of aryl methyl sites for hydroxylation is 1. The highest BCUT2D eigenvalue weighted by atomic mass is 16.2. The molecule has 1 heterocycles. The summed E-state index contributed by atoms with van der Waals surface area (Å²) in [5, 5.41) is 12.9. The van der Waals surface area contributed by atoms with Gasteiger partial charge in [-0.3, -0.25) is 4.79 Å². The van der Waals surface area contributed by atoms with E-state index in [1.165, 1.54) is 4.68 Å². The first kappa shape index (κ1) is 15.7. The van der Waals surface area contributed by atoms with E-state index in [9.17, 15) is 4.79 Å². The van der Waals surface area contributed by atoms with Gasteiger partial charge >= 0.3 is 0 Å². The van der Waals surface area contributed by atoms with E-state index < -0.39 is 0 Å². The average Bonchev–Trinajstić information content (AvgIpc) is 2.40. The van der Waals surface area contributed by atoms with E-state index in [2.05, 4.69) is 12.0 Å². The highest BCUT2D eigenvalue weighted by Crippen LogP contribution is 2.07. The molecule has 108 valence electrons. The first-order valence-corrected chi connectivity index (χ1v) is 7.08. The average molecular weight is 267 g/mol. The maximum absolute atomic E-state index is 11.9. The molecule has 0 aliphatic heterocycles. The fraction of sp³-hybridized carbons (Fsp3) is 0.714. The topological polar surface area (TPSA) is 58.4 Å². The van der Waals surface area contributed by atoms with Gasteiger partial charge in [0.2, 0.25) is 0 Å². The zero-order valence-electron chi connectivity index (χ0n) is 12.0. The van der Waals surface area contributed by atoms with Gasteiger partial charge in [-0.05, 0) is 19.3 Å². The molecule has 5 heteroatoms. The van der Waals surface area contributed by atoms with E-state index in [0.29, 0.717) is 6.54 Å². The Morgan fingerprint density at radius 1 is 1.32 bits per heavy atom. The van der Waals surface area contributed by atoms with E-state index in [1.807, 2.05) is 11.9 Å². The van der Waals surface area contributed by atoms with Crippen molar-refractivity contribution in [1.82, 2.24) is 9.78 Å². The van der Waals surface area contributed by atoms with Crippen molar-refractivity contribution in [3.8, 4) is 0 Å². The molecular weight excluding hydrogens is 242 g/mol. The van der Waals surface area contributed by atoms with E-state index >= 15 is 0 Å². The van der Waals surface area contributed by atoms with Crippen molar-refractivity contribution < 1.29 is 5.11 Å². The zero-order chi connectivity index (χ0) is 14.1. The predicted molar refractivity (Wildman–Crippen MR) is 77.6 cm³/mol. The van der Waals surface area contributed by atoms with Crippen LogP contribution in [-0.4, -0.2) is 35.1 Å². The summed E-state index contributed by atoms with van der Waals surface area (Å²) in [7, 11) is 1.97. The maximum atomic E-state index is 11.9. The van der Waals surface area contributed by atoms with Crippen LogP contribution in [0.1, 0.15) is 39.0 Å². The maximum Gasteiger partial charge on any atom is 0.268 e. The minimum atomic E-state index is -0.0392. The second-order valence-electron chi connectivity index (χ2n) is 4.83. The largest absolute Gasteiger partial charge is 0.396 e. The molecule has 0 aliphatic rings. The standard InChI is InChI=1S/C14H25N3O2/c1-3-8-16(2)13-11-14(19)17(15-12-13)9-6-4-5-7-10-18/h11-12,18H,3-10H2,1-2H3. The molecule has 0 spiro atoms. The van der Waals surface area contributed by atoms with Crippen LogP contribution in [0.5, 0.6) is 0 Å². The summed E-state index contributed by atoms with van der Waals surface area (Å²) >= 11 is 0. The van der Waals surface area contributed by atoms with Crippen LogP contribution in [0.25, 0.3) is 0 Å². The second-order valence-corrected chi connectivity index (χ2v) is 4.83. The van der Waals surface area contributed by atoms with Crippen LogP contribution in [0.3, 0.4) is 0 Å². The van der Waals surface area contributed by atoms with E-state index in [0.717, 1.165) is 44.3 Å². The van der Waals surface area contributed by atoms with Crippen molar-refractivity contribution in [3.63, 3.8) is 0 Å². The summed E-state index contributed by atoms with van der Waals surface area (Å²) in [6, 6.07) is 1.65. The number of aliphatic hydroxyl groups is 1. The van der Waals surface area contributed by atoms with Gasteiger partial charge in [0.1, 0.15) is 0 Å². The third kappa shape index (κ3) is 5.42. The molecule has 0 saturated heterocycles. The molecule has 1 aromatic heterocycles. The number of aromatic nitrogens is 2. The van der Waals surface area contributed by atoms with Crippen LogP contribution in [-0.2, 0) is 6.54 Å². The van der Waals surface area contributed by atoms with Crippen LogP contribution in [0.15, 0.2) is 17.1 Å². The van der Waals surface area contributed by atoms with Gasteiger partial charge in [0.15, 0.2) is 0 Å². The number of hydrogen-bond acceptors (Lipinski definition) is 4. The van der Waals surface area contributed by atoms with Gasteiger partial charge in [0, 0.05) is 32.8 Å². The monoisotopic (exact) mass is 267 g/mol. The molecule has 19 heavy (non-hydrogen) atoms.